The molecule has 0 aliphatic rings. The zero-order chi connectivity index (χ0) is 11.7. The fourth-order valence-corrected chi connectivity index (χ4v) is 1.75. The number of hydrogen-bond acceptors (Lipinski definition) is 4. The summed E-state index contributed by atoms with van der Waals surface area (Å²) < 4.78 is 1.82. The van der Waals surface area contributed by atoms with Crippen molar-refractivity contribution in [1.82, 2.24) is 14.5 Å². The van der Waals surface area contributed by atoms with Crippen molar-refractivity contribution in [2.45, 2.75) is 13.5 Å². The summed E-state index contributed by atoms with van der Waals surface area (Å²) in [4.78, 5) is 10.6. The largest absolute Gasteiger partial charge is 0.376 e. The van der Waals surface area contributed by atoms with Crippen LogP contribution in [0, 0.1) is 11.3 Å². The van der Waals surface area contributed by atoms with E-state index in [4.69, 9.17) is 5.26 Å². The fraction of sp³-hybridized carbons (Fsp3) is 0.364. The number of aromatic nitrogens is 3. The summed E-state index contributed by atoms with van der Waals surface area (Å²) in [5.41, 5.74) is 2.53. The molecule has 2 heterocycles. The number of nitriles is 1. The molecule has 16 heavy (non-hydrogen) atoms. The first-order valence-corrected chi connectivity index (χ1v) is 5.11. The summed E-state index contributed by atoms with van der Waals surface area (Å²) in [7, 11) is 3.90. The molecule has 0 saturated heterocycles. The molecule has 0 N–H and O–H groups in total. The Balaban J connectivity index is 2.82. The van der Waals surface area contributed by atoms with E-state index in [2.05, 4.69) is 16.0 Å². The first-order chi connectivity index (χ1) is 7.69. The van der Waals surface area contributed by atoms with Gasteiger partial charge in [0.2, 0.25) is 5.82 Å². The van der Waals surface area contributed by atoms with Crippen LogP contribution in [0.5, 0.6) is 0 Å². The highest BCUT2D eigenvalue weighted by Gasteiger charge is 2.13. The number of aryl methyl sites for hydroxylation is 1. The third-order valence-corrected chi connectivity index (χ3v) is 2.51. The average molecular weight is 215 g/mol. The normalized spacial score (nSPS) is 10.4. The predicted octanol–water partition coefficient (Wildman–Crippen LogP) is 1.39. The number of fused-ring (bicyclic) bond motifs is 1. The Hall–Kier alpha value is -2.09. The van der Waals surface area contributed by atoms with E-state index >= 15 is 0 Å². The molecule has 0 aliphatic carbocycles. The molecule has 0 amide bonds. The maximum atomic E-state index is 9.01. The van der Waals surface area contributed by atoms with Crippen LogP contribution in [-0.2, 0) is 6.54 Å². The molecule has 0 aromatic carbocycles. The van der Waals surface area contributed by atoms with Crippen molar-refractivity contribution in [3.05, 3.63) is 18.1 Å². The highest BCUT2D eigenvalue weighted by Crippen LogP contribution is 2.23. The first-order valence-electron chi connectivity index (χ1n) is 5.11. The van der Waals surface area contributed by atoms with Crippen LogP contribution in [0.1, 0.15) is 12.7 Å². The molecule has 2 rings (SSSR count). The SMILES string of the molecule is CCn1c(C#N)nc2c(N(C)C)ccnc21. The molecule has 0 unspecified atom stereocenters. The molecule has 2 aromatic heterocycles. The van der Waals surface area contributed by atoms with Gasteiger partial charge in [-0.05, 0) is 13.0 Å². The monoisotopic (exact) mass is 215 g/mol. The zero-order valence-electron chi connectivity index (χ0n) is 9.60. The lowest BCUT2D eigenvalue weighted by molar-refractivity contribution is 0.764. The van der Waals surface area contributed by atoms with Crippen molar-refractivity contribution < 1.29 is 0 Å². The third kappa shape index (κ3) is 1.39. The third-order valence-electron chi connectivity index (χ3n) is 2.51. The number of nitrogens with zero attached hydrogens (tertiary/aromatic N) is 5. The number of rotatable bonds is 2. The van der Waals surface area contributed by atoms with Crippen molar-refractivity contribution in [3.8, 4) is 6.07 Å². The number of anilines is 1. The lowest BCUT2D eigenvalue weighted by atomic mass is 10.3. The second-order valence-corrected chi connectivity index (χ2v) is 3.69. The Bertz CT molecular complexity index is 561. The molecule has 0 bridgehead atoms. The van der Waals surface area contributed by atoms with Crippen molar-refractivity contribution in [2.75, 3.05) is 19.0 Å². The molecular formula is C11H13N5. The van der Waals surface area contributed by atoms with Crippen LogP contribution in [0.2, 0.25) is 0 Å². The van der Waals surface area contributed by atoms with E-state index in [1.54, 1.807) is 6.20 Å². The van der Waals surface area contributed by atoms with Crippen LogP contribution in [0.4, 0.5) is 5.69 Å². The smallest absolute Gasteiger partial charge is 0.215 e. The molecule has 0 fully saturated rings. The van der Waals surface area contributed by atoms with E-state index < -0.39 is 0 Å². The van der Waals surface area contributed by atoms with Crippen molar-refractivity contribution in [3.63, 3.8) is 0 Å². The molecular weight excluding hydrogens is 202 g/mol. The van der Waals surface area contributed by atoms with Gasteiger partial charge in [-0.15, -0.1) is 0 Å². The second kappa shape index (κ2) is 3.81. The van der Waals surface area contributed by atoms with E-state index in [0.717, 1.165) is 16.9 Å². The van der Waals surface area contributed by atoms with Gasteiger partial charge in [0.05, 0.1) is 5.69 Å². The molecule has 0 saturated carbocycles. The van der Waals surface area contributed by atoms with Gasteiger partial charge < -0.3 is 9.47 Å². The summed E-state index contributed by atoms with van der Waals surface area (Å²) in [5, 5.41) is 9.01. The first kappa shape index (κ1) is 10.4. The lowest BCUT2D eigenvalue weighted by Crippen LogP contribution is -2.09. The van der Waals surface area contributed by atoms with E-state index in [1.165, 1.54) is 0 Å². The quantitative estimate of drug-likeness (QED) is 0.759. The van der Waals surface area contributed by atoms with Crippen molar-refractivity contribution >= 4 is 16.9 Å². The van der Waals surface area contributed by atoms with Gasteiger partial charge >= 0.3 is 0 Å². The van der Waals surface area contributed by atoms with Crippen LogP contribution < -0.4 is 4.90 Å². The summed E-state index contributed by atoms with van der Waals surface area (Å²) in [5.74, 6) is 0.416. The summed E-state index contributed by atoms with van der Waals surface area (Å²) in [6.07, 6.45) is 1.74. The number of hydrogen-bond donors (Lipinski definition) is 0. The summed E-state index contributed by atoms with van der Waals surface area (Å²) in [6.45, 7) is 2.68. The molecule has 0 radical (unpaired) electrons. The minimum Gasteiger partial charge on any atom is -0.376 e. The summed E-state index contributed by atoms with van der Waals surface area (Å²) in [6, 6.07) is 3.99. The Morgan fingerprint density at radius 3 is 2.81 bits per heavy atom. The Morgan fingerprint density at radius 1 is 1.50 bits per heavy atom. The van der Waals surface area contributed by atoms with Gasteiger partial charge in [0.15, 0.2) is 5.65 Å². The summed E-state index contributed by atoms with van der Waals surface area (Å²) >= 11 is 0. The van der Waals surface area contributed by atoms with Crippen LogP contribution in [0.15, 0.2) is 12.3 Å². The van der Waals surface area contributed by atoms with Gasteiger partial charge in [0.1, 0.15) is 11.6 Å². The van der Waals surface area contributed by atoms with E-state index in [9.17, 15) is 0 Å². The standard InChI is InChI=1S/C11H13N5/c1-4-16-9(7-12)14-10-8(15(2)3)5-6-13-11(10)16/h5-6H,4H2,1-3H3. The second-order valence-electron chi connectivity index (χ2n) is 3.69. The lowest BCUT2D eigenvalue weighted by Gasteiger charge is -2.12. The maximum absolute atomic E-state index is 9.01. The molecule has 0 aliphatic heterocycles. The van der Waals surface area contributed by atoms with Crippen molar-refractivity contribution in [2.24, 2.45) is 0 Å². The Kier molecular flexibility index (Phi) is 2.49. The van der Waals surface area contributed by atoms with Crippen molar-refractivity contribution in [1.29, 1.82) is 5.26 Å². The predicted molar refractivity (Wildman–Crippen MR) is 62.2 cm³/mol. The van der Waals surface area contributed by atoms with E-state index in [0.29, 0.717) is 12.4 Å². The van der Waals surface area contributed by atoms with E-state index in [1.807, 2.05) is 36.6 Å². The number of pyridine rings is 1. The fourth-order valence-electron chi connectivity index (χ4n) is 1.75. The van der Waals surface area contributed by atoms with Crippen LogP contribution in [-0.4, -0.2) is 28.6 Å². The molecule has 2 aromatic rings. The minimum atomic E-state index is 0.416. The molecule has 82 valence electrons. The Morgan fingerprint density at radius 2 is 2.25 bits per heavy atom. The highest BCUT2D eigenvalue weighted by molar-refractivity contribution is 5.86. The molecule has 0 atom stereocenters. The Labute approximate surface area is 93.9 Å². The average Bonchev–Trinajstić information content (AvgIpc) is 2.65. The van der Waals surface area contributed by atoms with Gasteiger partial charge in [-0.1, -0.05) is 0 Å². The van der Waals surface area contributed by atoms with Crippen LogP contribution in [0.25, 0.3) is 11.2 Å². The minimum absolute atomic E-state index is 0.416. The molecule has 5 nitrogen and oxygen atoms in total. The highest BCUT2D eigenvalue weighted by atomic mass is 15.2. The zero-order valence-corrected chi connectivity index (χ0v) is 9.60. The number of imidazole rings is 1. The van der Waals surface area contributed by atoms with Crippen LogP contribution in [0.3, 0.4) is 0 Å². The maximum Gasteiger partial charge on any atom is 0.215 e. The molecule has 0 spiro atoms. The van der Waals surface area contributed by atoms with Gasteiger partial charge in [-0.2, -0.15) is 5.26 Å². The molecule has 5 heteroatoms. The van der Waals surface area contributed by atoms with Crippen LogP contribution >= 0.6 is 0 Å². The van der Waals surface area contributed by atoms with E-state index in [-0.39, 0.29) is 0 Å². The van der Waals surface area contributed by atoms with Gasteiger partial charge in [0.25, 0.3) is 0 Å². The van der Waals surface area contributed by atoms with Gasteiger partial charge in [0, 0.05) is 26.8 Å². The van der Waals surface area contributed by atoms with Gasteiger partial charge in [-0.3, -0.25) is 0 Å². The van der Waals surface area contributed by atoms with Gasteiger partial charge in [-0.25, -0.2) is 9.97 Å². The topological polar surface area (TPSA) is 57.7 Å².